The zero-order chi connectivity index (χ0) is 17.4. The van der Waals surface area contributed by atoms with Crippen LogP contribution in [-0.2, 0) is 9.84 Å². The summed E-state index contributed by atoms with van der Waals surface area (Å²) in [6.45, 7) is 5.63. The lowest BCUT2D eigenvalue weighted by atomic mass is 9.89. The molecule has 23 heavy (non-hydrogen) atoms. The zero-order valence-corrected chi connectivity index (χ0v) is 14.4. The first-order valence-corrected chi connectivity index (χ1v) is 9.04. The number of aromatic nitrogens is 2. The maximum atomic E-state index is 12.3. The number of nitrogens with zero attached hydrogens (tertiary/aromatic N) is 2. The highest BCUT2D eigenvalue weighted by molar-refractivity contribution is 7.90. The molecule has 2 N–H and O–H groups in total. The van der Waals surface area contributed by atoms with Crippen molar-refractivity contribution < 1.29 is 18.3 Å². The van der Waals surface area contributed by atoms with Gasteiger partial charge < -0.3 is 10.4 Å². The third-order valence-electron chi connectivity index (χ3n) is 3.52. The number of aliphatic hydroxyl groups is 1. The largest absolute Gasteiger partial charge is 0.391 e. The van der Waals surface area contributed by atoms with E-state index in [1.807, 2.05) is 20.8 Å². The number of rotatable bonds is 4. The van der Waals surface area contributed by atoms with Gasteiger partial charge in [-0.2, -0.15) is 0 Å². The Morgan fingerprint density at radius 1 is 1.39 bits per heavy atom. The lowest BCUT2D eigenvalue weighted by molar-refractivity contribution is 0.0586. The standard InChI is InChI=1S/C15H21N3O4S/c1-15(2,3)11(19)9-16-13(20)12-10-7-5-6-8-18(10)14(17-12)23(4,21)22/h5-8,11,19H,9H2,1-4H3,(H,16,20). The number of aliphatic hydroxyl groups excluding tert-OH is 1. The summed E-state index contributed by atoms with van der Waals surface area (Å²) in [5.41, 5.74) is 0.0457. The summed E-state index contributed by atoms with van der Waals surface area (Å²) in [4.78, 5) is 16.3. The van der Waals surface area contributed by atoms with Crippen molar-refractivity contribution in [2.75, 3.05) is 12.8 Å². The van der Waals surface area contributed by atoms with Gasteiger partial charge in [0.1, 0.15) is 0 Å². The van der Waals surface area contributed by atoms with Gasteiger partial charge in [-0.15, -0.1) is 0 Å². The monoisotopic (exact) mass is 339 g/mol. The van der Waals surface area contributed by atoms with Crippen molar-refractivity contribution in [3.63, 3.8) is 0 Å². The summed E-state index contributed by atoms with van der Waals surface area (Å²) in [6, 6.07) is 4.98. The van der Waals surface area contributed by atoms with Crippen molar-refractivity contribution in [2.24, 2.45) is 5.41 Å². The van der Waals surface area contributed by atoms with Gasteiger partial charge in [-0.25, -0.2) is 13.4 Å². The number of pyridine rings is 1. The van der Waals surface area contributed by atoms with E-state index in [2.05, 4.69) is 10.3 Å². The zero-order valence-electron chi connectivity index (χ0n) is 13.6. The molecule has 2 aromatic heterocycles. The Morgan fingerprint density at radius 3 is 2.61 bits per heavy atom. The molecule has 2 heterocycles. The molecule has 2 rings (SSSR count). The molecule has 0 saturated carbocycles. The first kappa shape index (κ1) is 17.4. The molecule has 0 radical (unpaired) electrons. The first-order valence-electron chi connectivity index (χ1n) is 7.15. The van der Waals surface area contributed by atoms with E-state index in [1.54, 1.807) is 24.4 Å². The average Bonchev–Trinajstić information content (AvgIpc) is 2.83. The fraction of sp³-hybridized carbons (Fsp3) is 0.467. The molecule has 0 fully saturated rings. The maximum Gasteiger partial charge on any atom is 0.272 e. The highest BCUT2D eigenvalue weighted by Crippen LogP contribution is 2.19. The van der Waals surface area contributed by atoms with Gasteiger partial charge in [0.05, 0.1) is 11.6 Å². The van der Waals surface area contributed by atoms with Crippen LogP contribution in [-0.4, -0.2) is 47.7 Å². The number of carbonyl (C=O) groups is 1. The quantitative estimate of drug-likeness (QED) is 0.861. The van der Waals surface area contributed by atoms with Gasteiger partial charge >= 0.3 is 0 Å². The minimum absolute atomic E-state index is 0.0205. The number of sulfone groups is 1. The number of imidazole rings is 1. The van der Waals surface area contributed by atoms with Crippen LogP contribution in [0.15, 0.2) is 29.6 Å². The average molecular weight is 339 g/mol. The Morgan fingerprint density at radius 2 is 2.04 bits per heavy atom. The van der Waals surface area contributed by atoms with Gasteiger partial charge in [0.15, 0.2) is 5.69 Å². The van der Waals surface area contributed by atoms with Crippen LogP contribution in [0.3, 0.4) is 0 Å². The van der Waals surface area contributed by atoms with Crippen molar-refractivity contribution in [1.82, 2.24) is 14.7 Å². The second kappa shape index (κ2) is 5.93. The van der Waals surface area contributed by atoms with Gasteiger partial charge in [-0.1, -0.05) is 26.8 Å². The predicted octanol–water partition coefficient (Wildman–Crippen LogP) is 0.875. The number of amides is 1. The highest BCUT2D eigenvalue weighted by atomic mass is 32.2. The van der Waals surface area contributed by atoms with Gasteiger partial charge in [0, 0.05) is 19.0 Å². The smallest absolute Gasteiger partial charge is 0.272 e. The molecule has 8 heteroatoms. The van der Waals surface area contributed by atoms with E-state index in [9.17, 15) is 18.3 Å². The van der Waals surface area contributed by atoms with Crippen molar-refractivity contribution in [1.29, 1.82) is 0 Å². The maximum absolute atomic E-state index is 12.3. The topological polar surface area (TPSA) is 101 Å². The van der Waals surface area contributed by atoms with E-state index in [4.69, 9.17) is 0 Å². The first-order chi connectivity index (χ1) is 10.5. The Labute approximate surface area is 135 Å². The number of nitrogens with one attached hydrogen (secondary N) is 1. The molecule has 1 amide bonds. The lowest BCUT2D eigenvalue weighted by Gasteiger charge is -2.25. The molecule has 0 aromatic carbocycles. The Balaban J connectivity index is 2.35. The van der Waals surface area contributed by atoms with Gasteiger partial charge in [-0.3, -0.25) is 9.20 Å². The lowest BCUT2D eigenvalue weighted by Crippen LogP contribution is -2.39. The number of hydrogen-bond acceptors (Lipinski definition) is 5. The van der Waals surface area contributed by atoms with Crippen LogP contribution in [0.2, 0.25) is 0 Å². The molecule has 0 aliphatic rings. The van der Waals surface area contributed by atoms with E-state index in [0.29, 0.717) is 5.52 Å². The molecule has 0 saturated heterocycles. The predicted molar refractivity (Wildman–Crippen MR) is 86.1 cm³/mol. The third kappa shape index (κ3) is 3.70. The molecule has 0 spiro atoms. The van der Waals surface area contributed by atoms with Gasteiger partial charge in [0.25, 0.3) is 5.91 Å². The molecule has 7 nitrogen and oxygen atoms in total. The van der Waals surface area contributed by atoms with Crippen molar-refractivity contribution >= 4 is 21.3 Å². The summed E-state index contributed by atoms with van der Waals surface area (Å²) in [5.74, 6) is -0.521. The SMILES string of the molecule is CC(C)(C)C(O)CNC(=O)c1nc(S(C)(=O)=O)n2ccccc12. The van der Waals surface area contributed by atoms with E-state index in [0.717, 1.165) is 6.26 Å². The fourth-order valence-corrected chi connectivity index (χ4v) is 2.79. The van der Waals surface area contributed by atoms with E-state index >= 15 is 0 Å². The number of hydrogen-bond donors (Lipinski definition) is 2. The van der Waals surface area contributed by atoms with Crippen LogP contribution in [0.4, 0.5) is 0 Å². The molecule has 0 aliphatic carbocycles. The molecule has 0 aliphatic heterocycles. The molecule has 1 unspecified atom stereocenters. The molecule has 126 valence electrons. The van der Waals surface area contributed by atoms with Crippen molar-refractivity contribution in [2.45, 2.75) is 32.0 Å². The minimum Gasteiger partial charge on any atom is -0.391 e. The fourth-order valence-electron chi connectivity index (χ4n) is 2.02. The van der Waals surface area contributed by atoms with E-state index in [-0.39, 0.29) is 22.8 Å². The van der Waals surface area contributed by atoms with Crippen LogP contribution in [0.5, 0.6) is 0 Å². The normalized spacial score (nSPS) is 14.0. The summed E-state index contributed by atoms with van der Waals surface area (Å²) in [6.07, 6.45) is 1.86. The molecular weight excluding hydrogens is 318 g/mol. The number of carbonyl (C=O) groups excluding carboxylic acids is 1. The summed E-state index contributed by atoms with van der Waals surface area (Å²) < 4.78 is 25.0. The minimum atomic E-state index is -3.57. The summed E-state index contributed by atoms with van der Waals surface area (Å²) in [7, 11) is -3.57. The van der Waals surface area contributed by atoms with E-state index < -0.39 is 21.8 Å². The van der Waals surface area contributed by atoms with Crippen molar-refractivity contribution in [3.8, 4) is 0 Å². The van der Waals surface area contributed by atoms with Gasteiger partial charge in [-0.05, 0) is 17.5 Å². The van der Waals surface area contributed by atoms with Crippen LogP contribution >= 0.6 is 0 Å². The van der Waals surface area contributed by atoms with Gasteiger partial charge in [0.2, 0.25) is 15.0 Å². The Kier molecular flexibility index (Phi) is 4.50. The molecule has 2 aromatic rings. The summed E-state index contributed by atoms with van der Waals surface area (Å²) in [5, 5.41) is 12.4. The van der Waals surface area contributed by atoms with Crippen LogP contribution < -0.4 is 5.32 Å². The highest BCUT2D eigenvalue weighted by Gasteiger charge is 2.25. The Bertz CT molecular complexity index is 834. The second-order valence-electron chi connectivity index (χ2n) is 6.56. The van der Waals surface area contributed by atoms with Crippen LogP contribution in [0.25, 0.3) is 5.52 Å². The van der Waals surface area contributed by atoms with Crippen LogP contribution in [0, 0.1) is 5.41 Å². The molecule has 1 atom stereocenters. The molecule has 0 bridgehead atoms. The summed E-state index contributed by atoms with van der Waals surface area (Å²) >= 11 is 0. The molecular formula is C15H21N3O4S. The van der Waals surface area contributed by atoms with Crippen molar-refractivity contribution in [3.05, 3.63) is 30.1 Å². The Hall–Kier alpha value is -1.93. The number of fused-ring (bicyclic) bond motifs is 1. The van der Waals surface area contributed by atoms with Crippen LogP contribution in [0.1, 0.15) is 31.3 Å². The third-order valence-corrected chi connectivity index (χ3v) is 4.47. The second-order valence-corrected chi connectivity index (χ2v) is 8.47. The van der Waals surface area contributed by atoms with E-state index in [1.165, 1.54) is 4.40 Å².